The average Bonchev–Trinajstić information content (AvgIpc) is 2.50. The Morgan fingerprint density at radius 2 is 1.86 bits per heavy atom. The third-order valence-corrected chi connectivity index (χ3v) is 7.46. The standard InChI is InChI=1S/C15H24NO4P/c1-4-15(5-2,11-16)21(19,20-14(18)12(3)17)13-9-7-6-8-10-13/h6-10,12,17H,4-5,11,16H2,1-3H3. The van der Waals surface area contributed by atoms with Gasteiger partial charge in [0.1, 0.15) is 6.10 Å². The van der Waals surface area contributed by atoms with Crippen molar-refractivity contribution in [1.29, 1.82) is 0 Å². The predicted molar refractivity (Wildman–Crippen MR) is 83.8 cm³/mol. The van der Waals surface area contributed by atoms with E-state index in [1.165, 1.54) is 6.92 Å². The van der Waals surface area contributed by atoms with Crippen molar-refractivity contribution in [3.8, 4) is 0 Å². The van der Waals surface area contributed by atoms with E-state index >= 15 is 0 Å². The molecule has 1 aromatic rings. The molecule has 0 aromatic heterocycles. The van der Waals surface area contributed by atoms with Crippen LogP contribution in [-0.2, 0) is 13.9 Å². The summed E-state index contributed by atoms with van der Waals surface area (Å²) in [6.45, 7) is 5.18. The first kappa shape index (κ1) is 17.9. The van der Waals surface area contributed by atoms with Crippen molar-refractivity contribution in [1.82, 2.24) is 0 Å². The fourth-order valence-corrected chi connectivity index (χ4v) is 5.22. The Morgan fingerprint density at radius 1 is 1.33 bits per heavy atom. The van der Waals surface area contributed by atoms with Gasteiger partial charge in [-0.2, -0.15) is 0 Å². The summed E-state index contributed by atoms with van der Waals surface area (Å²) < 4.78 is 18.9. The Labute approximate surface area is 126 Å². The number of benzene rings is 1. The maximum absolute atomic E-state index is 13.6. The van der Waals surface area contributed by atoms with Gasteiger partial charge < -0.3 is 15.4 Å². The van der Waals surface area contributed by atoms with E-state index in [4.69, 9.17) is 10.3 Å². The quantitative estimate of drug-likeness (QED) is 0.752. The molecule has 0 fully saturated rings. The molecule has 0 spiro atoms. The van der Waals surface area contributed by atoms with Crippen LogP contribution in [0.25, 0.3) is 0 Å². The van der Waals surface area contributed by atoms with Crippen molar-refractivity contribution in [2.75, 3.05) is 6.54 Å². The molecule has 2 unspecified atom stereocenters. The van der Waals surface area contributed by atoms with Crippen LogP contribution in [0.4, 0.5) is 0 Å². The fourth-order valence-electron chi connectivity index (χ4n) is 2.33. The van der Waals surface area contributed by atoms with E-state index in [2.05, 4.69) is 0 Å². The molecular formula is C15H24NO4P. The van der Waals surface area contributed by atoms with Crippen LogP contribution < -0.4 is 11.0 Å². The zero-order valence-electron chi connectivity index (χ0n) is 12.8. The molecule has 0 bridgehead atoms. The van der Waals surface area contributed by atoms with Crippen molar-refractivity contribution in [3.63, 3.8) is 0 Å². The SMILES string of the molecule is CCC(CC)(CN)P(=O)(OC(=O)C(C)O)c1ccccc1. The van der Waals surface area contributed by atoms with Gasteiger partial charge >= 0.3 is 5.97 Å². The van der Waals surface area contributed by atoms with Gasteiger partial charge in [0.25, 0.3) is 7.37 Å². The summed E-state index contributed by atoms with van der Waals surface area (Å²) in [5.74, 6) is -0.887. The van der Waals surface area contributed by atoms with Gasteiger partial charge in [-0.15, -0.1) is 0 Å². The summed E-state index contributed by atoms with van der Waals surface area (Å²) >= 11 is 0. The molecular weight excluding hydrogens is 289 g/mol. The normalized spacial score (nSPS) is 16.0. The molecule has 0 saturated carbocycles. The molecule has 0 aliphatic rings. The summed E-state index contributed by atoms with van der Waals surface area (Å²) in [7, 11) is -3.56. The Kier molecular flexibility index (Phi) is 6.14. The van der Waals surface area contributed by atoms with E-state index in [1.54, 1.807) is 30.3 Å². The van der Waals surface area contributed by atoms with E-state index in [0.29, 0.717) is 18.1 Å². The summed E-state index contributed by atoms with van der Waals surface area (Å²) in [5.41, 5.74) is 5.88. The van der Waals surface area contributed by atoms with Crippen molar-refractivity contribution < 1.29 is 19.0 Å². The Hall–Kier alpha value is -1.16. The van der Waals surface area contributed by atoms with Crippen LogP contribution in [-0.4, -0.2) is 28.9 Å². The summed E-state index contributed by atoms with van der Waals surface area (Å²) in [4.78, 5) is 11.8. The Bertz CT molecular complexity index is 503. The first-order chi connectivity index (χ1) is 9.86. The van der Waals surface area contributed by atoms with E-state index in [9.17, 15) is 14.5 Å². The van der Waals surface area contributed by atoms with Gasteiger partial charge in [-0.3, -0.25) is 4.57 Å². The molecule has 0 aliphatic heterocycles. The topological polar surface area (TPSA) is 89.6 Å². The van der Waals surface area contributed by atoms with Gasteiger partial charge in [0.15, 0.2) is 0 Å². The highest BCUT2D eigenvalue weighted by Gasteiger charge is 2.49. The number of rotatable bonds is 7. The molecule has 0 saturated heterocycles. The smallest absolute Gasteiger partial charge is 0.339 e. The number of nitrogens with two attached hydrogens (primary N) is 1. The highest BCUT2D eigenvalue weighted by molar-refractivity contribution is 7.69. The summed E-state index contributed by atoms with van der Waals surface area (Å²) in [5, 5.41) is 9.02. The third-order valence-electron chi connectivity index (χ3n) is 3.98. The number of carbonyl (C=O) groups is 1. The number of carbonyl (C=O) groups excluding carboxylic acids is 1. The largest absolute Gasteiger partial charge is 0.406 e. The zero-order valence-corrected chi connectivity index (χ0v) is 13.7. The van der Waals surface area contributed by atoms with Gasteiger partial charge in [-0.05, 0) is 31.9 Å². The molecule has 5 nitrogen and oxygen atoms in total. The molecule has 1 rings (SSSR count). The summed E-state index contributed by atoms with van der Waals surface area (Å²) in [6, 6.07) is 8.62. The average molecular weight is 313 g/mol. The molecule has 3 N–H and O–H groups in total. The number of hydrogen-bond donors (Lipinski definition) is 2. The highest BCUT2D eigenvalue weighted by Crippen LogP contribution is 2.60. The molecule has 0 aliphatic carbocycles. The van der Waals surface area contributed by atoms with Crippen molar-refractivity contribution >= 4 is 18.6 Å². The van der Waals surface area contributed by atoms with Crippen LogP contribution in [0, 0.1) is 0 Å². The lowest BCUT2D eigenvalue weighted by atomic mass is 10.0. The molecule has 0 amide bonds. The molecule has 6 heteroatoms. The van der Waals surface area contributed by atoms with Crippen LogP contribution in [0.15, 0.2) is 30.3 Å². The lowest BCUT2D eigenvalue weighted by Crippen LogP contribution is -2.41. The third kappa shape index (κ3) is 3.37. The second kappa shape index (κ2) is 7.21. The Balaban J connectivity index is 3.42. The molecule has 21 heavy (non-hydrogen) atoms. The fraction of sp³-hybridized carbons (Fsp3) is 0.533. The number of hydrogen-bond acceptors (Lipinski definition) is 5. The van der Waals surface area contributed by atoms with Crippen molar-refractivity contribution in [3.05, 3.63) is 30.3 Å². The Morgan fingerprint density at radius 3 is 2.24 bits per heavy atom. The van der Waals surface area contributed by atoms with Gasteiger partial charge in [-0.25, -0.2) is 4.79 Å². The first-order valence-corrected chi connectivity index (χ1v) is 8.76. The van der Waals surface area contributed by atoms with Crippen molar-refractivity contribution in [2.24, 2.45) is 5.73 Å². The van der Waals surface area contributed by atoms with Crippen LogP contribution in [0.5, 0.6) is 0 Å². The lowest BCUT2D eigenvalue weighted by Gasteiger charge is -2.37. The second-order valence-corrected chi connectivity index (χ2v) is 7.86. The first-order valence-electron chi connectivity index (χ1n) is 7.14. The minimum Gasteiger partial charge on any atom is -0.406 e. The van der Waals surface area contributed by atoms with Gasteiger partial charge in [0.2, 0.25) is 0 Å². The molecule has 118 valence electrons. The minimum atomic E-state index is -3.56. The van der Waals surface area contributed by atoms with E-state index in [0.717, 1.165) is 0 Å². The van der Waals surface area contributed by atoms with E-state index < -0.39 is 24.6 Å². The monoisotopic (exact) mass is 313 g/mol. The predicted octanol–water partition coefficient (Wildman–Crippen LogP) is 2.03. The van der Waals surface area contributed by atoms with Gasteiger partial charge in [0.05, 0.1) is 5.16 Å². The van der Waals surface area contributed by atoms with Crippen LogP contribution in [0.1, 0.15) is 33.6 Å². The number of aliphatic hydroxyl groups excluding tert-OH is 1. The maximum atomic E-state index is 13.6. The van der Waals surface area contributed by atoms with Gasteiger partial charge in [0, 0.05) is 11.8 Å². The van der Waals surface area contributed by atoms with Gasteiger partial charge in [-0.1, -0.05) is 32.0 Å². The zero-order chi connectivity index (χ0) is 16.1. The van der Waals surface area contributed by atoms with Crippen LogP contribution in [0.2, 0.25) is 0 Å². The molecule has 2 atom stereocenters. The number of aliphatic hydroxyl groups is 1. The molecule has 0 heterocycles. The maximum Gasteiger partial charge on any atom is 0.339 e. The van der Waals surface area contributed by atoms with Crippen LogP contribution in [0.3, 0.4) is 0 Å². The second-order valence-electron chi connectivity index (χ2n) is 5.11. The van der Waals surface area contributed by atoms with E-state index in [1.807, 2.05) is 13.8 Å². The van der Waals surface area contributed by atoms with Crippen molar-refractivity contribution in [2.45, 2.75) is 44.9 Å². The molecule has 0 radical (unpaired) electrons. The molecule has 1 aromatic carbocycles. The minimum absolute atomic E-state index is 0.138. The van der Waals surface area contributed by atoms with Crippen LogP contribution >= 0.6 is 7.37 Å². The summed E-state index contributed by atoms with van der Waals surface area (Å²) in [6.07, 6.45) is -0.301. The lowest BCUT2D eigenvalue weighted by molar-refractivity contribution is -0.142. The highest BCUT2D eigenvalue weighted by atomic mass is 31.2. The van der Waals surface area contributed by atoms with E-state index in [-0.39, 0.29) is 6.54 Å².